The highest BCUT2D eigenvalue weighted by Gasteiger charge is 2.19. The number of ether oxygens (including phenoxy) is 2. The first-order valence-corrected chi connectivity index (χ1v) is 9.94. The van der Waals surface area contributed by atoms with Crippen LogP contribution in [0, 0.1) is 0 Å². The van der Waals surface area contributed by atoms with Gasteiger partial charge in [-0.3, -0.25) is 4.90 Å². The molecule has 0 N–H and O–H groups in total. The van der Waals surface area contributed by atoms with Gasteiger partial charge in [0.1, 0.15) is 11.5 Å². The van der Waals surface area contributed by atoms with E-state index in [0.29, 0.717) is 12.5 Å². The Morgan fingerprint density at radius 2 is 1.72 bits per heavy atom. The van der Waals surface area contributed by atoms with Crippen molar-refractivity contribution in [3.05, 3.63) is 54.9 Å². The lowest BCUT2D eigenvalue weighted by Crippen LogP contribution is -2.46. The van der Waals surface area contributed by atoms with E-state index in [4.69, 9.17) is 13.9 Å². The summed E-state index contributed by atoms with van der Waals surface area (Å²) in [6.45, 7) is 5.75. The lowest BCUT2D eigenvalue weighted by Gasteiger charge is -2.36. The van der Waals surface area contributed by atoms with Gasteiger partial charge in [0.05, 0.1) is 25.0 Å². The zero-order chi connectivity index (χ0) is 19.9. The normalized spacial score (nSPS) is 14.7. The molecule has 1 saturated heterocycles. The lowest BCUT2D eigenvalue weighted by atomic mass is 10.2. The summed E-state index contributed by atoms with van der Waals surface area (Å²) >= 11 is 0. The van der Waals surface area contributed by atoms with Gasteiger partial charge in [0.2, 0.25) is 6.39 Å². The fraction of sp³-hybridized carbons (Fsp3) is 0.364. The topological polar surface area (TPSA) is 63.9 Å². The van der Waals surface area contributed by atoms with Crippen molar-refractivity contribution >= 4 is 5.69 Å². The van der Waals surface area contributed by atoms with E-state index in [-0.39, 0.29) is 0 Å². The van der Waals surface area contributed by atoms with Gasteiger partial charge in [-0.15, -0.1) is 10.2 Å². The van der Waals surface area contributed by atoms with Gasteiger partial charge in [-0.2, -0.15) is 0 Å². The van der Waals surface area contributed by atoms with Crippen LogP contribution in [0.1, 0.15) is 6.42 Å². The fourth-order valence-corrected chi connectivity index (χ4v) is 3.63. The summed E-state index contributed by atoms with van der Waals surface area (Å²) in [5, 5.41) is 7.72. The maximum absolute atomic E-state index is 5.99. The SMILES string of the molecule is COc1ccccc1N1CCN(CCCOc2ccccc2-c2nnco2)CC1. The Labute approximate surface area is 170 Å². The van der Waals surface area contributed by atoms with Crippen LogP contribution in [-0.4, -0.2) is 61.5 Å². The zero-order valence-corrected chi connectivity index (χ0v) is 16.7. The third-order valence-corrected chi connectivity index (χ3v) is 5.15. The molecule has 3 aromatic rings. The van der Waals surface area contributed by atoms with Gasteiger partial charge in [0.25, 0.3) is 5.89 Å². The number of hydrogen-bond donors (Lipinski definition) is 0. The number of para-hydroxylation sites is 3. The van der Waals surface area contributed by atoms with Crippen molar-refractivity contribution in [1.82, 2.24) is 15.1 Å². The number of piperazine rings is 1. The molecule has 1 fully saturated rings. The van der Waals surface area contributed by atoms with Crippen LogP contribution >= 0.6 is 0 Å². The first kappa shape index (κ1) is 19.3. The molecule has 1 aliphatic rings. The number of methoxy groups -OCH3 is 1. The molecule has 0 unspecified atom stereocenters. The molecule has 4 rings (SSSR count). The monoisotopic (exact) mass is 394 g/mol. The van der Waals surface area contributed by atoms with Gasteiger partial charge < -0.3 is 18.8 Å². The van der Waals surface area contributed by atoms with Crippen molar-refractivity contribution in [3.63, 3.8) is 0 Å². The maximum atomic E-state index is 5.99. The van der Waals surface area contributed by atoms with Gasteiger partial charge in [0, 0.05) is 32.7 Å². The second kappa shape index (κ2) is 9.43. The quantitative estimate of drug-likeness (QED) is 0.543. The van der Waals surface area contributed by atoms with Crippen LogP contribution in [0.2, 0.25) is 0 Å². The van der Waals surface area contributed by atoms with Crippen LogP contribution < -0.4 is 14.4 Å². The molecule has 152 valence electrons. The summed E-state index contributed by atoms with van der Waals surface area (Å²) in [5.74, 6) is 2.19. The van der Waals surface area contributed by atoms with E-state index >= 15 is 0 Å². The van der Waals surface area contributed by atoms with E-state index in [2.05, 4.69) is 32.1 Å². The minimum atomic E-state index is 0.480. The van der Waals surface area contributed by atoms with E-state index in [9.17, 15) is 0 Å². The molecule has 1 aromatic heterocycles. The van der Waals surface area contributed by atoms with E-state index < -0.39 is 0 Å². The fourth-order valence-electron chi connectivity index (χ4n) is 3.63. The molecule has 29 heavy (non-hydrogen) atoms. The number of hydrogen-bond acceptors (Lipinski definition) is 7. The smallest absolute Gasteiger partial charge is 0.251 e. The van der Waals surface area contributed by atoms with Crippen LogP contribution in [-0.2, 0) is 0 Å². The Bertz CT molecular complexity index is 893. The predicted octanol–water partition coefficient (Wildman–Crippen LogP) is 3.34. The Balaban J connectivity index is 1.23. The molecular formula is C22H26N4O3. The van der Waals surface area contributed by atoms with Crippen molar-refractivity contribution in [1.29, 1.82) is 0 Å². The van der Waals surface area contributed by atoms with Crippen molar-refractivity contribution in [2.45, 2.75) is 6.42 Å². The first-order chi connectivity index (χ1) is 14.3. The molecule has 2 heterocycles. The molecule has 0 aliphatic carbocycles. The molecule has 0 amide bonds. The molecule has 0 atom stereocenters. The first-order valence-electron chi connectivity index (χ1n) is 9.94. The summed E-state index contributed by atoms with van der Waals surface area (Å²) in [4.78, 5) is 4.88. The third kappa shape index (κ3) is 4.68. The number of aromatic nitrogens is 2. The maximum Gasteiger partial charge on any atom is 0.251 e. The standard InChI is InChI=1S/C22H26N4O3/c1-27-21-10-5-3-8-19(21)26-14-12-25(13-15-26)11-6-16-28-20-9-4-2-7-18(20)22-24-23-17-29-22/h2-5,7-10,17H,6,11-16H2,1H3. The van der Waals surface area contributed by atoms with Crippen LogP contribution in [0.25, 0.3) is 11.5 Å². The second-order valence-corrected chi connectivity index (χ2v) is 6.94. The summed E-state index contributed by atoms with van der Waals surface area (Å²) < 4.78 is 16.8. The van der Waals surface area contributed by atoms with E-state index in [1.165, 1.54) is 12.1 Å². The summed E-state index contributed by atoms with van der Waals surface area (Å²) in [6, 6.07) is 16.0. The Morgan fingerprint density at radius 3 is 2.48 bits per heavy atom. The molecule has 7 nitrogen and oxygen atoms in total. The average molecular weight is 394 g/mol. The number of anilines is 1. The van der Waals surface area contributed by atoms with E-state index in [1.54, 1.807) is 7.11 Å². The number of nitrogens with zero attached hydrogens (tertiary/aromatic N) is 4. The second-order valence-electron chi connectivity index (χ2n) is 6.94. The van der Waals surface area contributed by atoms with E-state index in [1.807, 2.05) is 36.4 Å². The van der Waals surface area contributed by atoms with E-state index in [0.717, 1.165) is 56.2 Å². The van der Waals surface area contributed by atoms with Gasteiger partial charge in [-0.05, 0) is 30.7 Å². The van der Waals surface area contributed by atoms with Crippen LogP contribution in [0.15, 0.2) is 59.3 Å². The Morgan fingerprint density at radius 1 is 0.966 bits per heavy atom. The van der Waals surface area contributed by atoms with Crippen LogP contribution in [0.4, 0.5) is 5.69 Å². The number of benzene rings is 2. The van der Waals surface area contributed by atoms with Gasteiger partial charge in [0.15, 0.2) is 0 Å². The molecule has 2 aromatic carbocycles. The van der Waals surface area contributed by atoms with Crippen molar-refractivity contribution in [2.24, 2.45) is 0 Å². The average Bonchev–Trinajstić information content (AvgIpc) is 3.32. The minimum Gasteiger partial charge on any atom is -0.495 e. The predicted molar refractivity (Wildman–Crippen MR) is 111 cm³/mol. The molecule has 0 saturated carbocycles. The van der Waals surface area contributed by atoms with Gasteiger partial charge in [-0.1, -0.05) is 24.3 Å². The largest absolute Gasteiger partial charge is 0.495 e. The molecule has 0 spiro atoms. The molecule has 1 aliphatic heterocycles. The Hall–Kier alpha value is -3.06. The molecular weight excluding hydrogens is 368 g/mol. The summed E-state index contributed by atoms with van der Waals surface area (Å²) in [6.07, 6.45) is 2.30. The van der Waals surface area contributed by atoms with Crippen LogP contribution in [0.5, 0.6) is 11.5 Å². The van der Waals surface area contributed by atoms with Crippen molar-refractivity contribution in [3.8, 4) is 23.0 Å². The third-order valence-electron chi connectivity index (χ3n) is 5.15. The molecule has 0 bridgehead atoms. The van der Waals surface area contributed by atoms with Crippen LogP contribution in [0.3, 0.4) is 0 Å². The highest BCUT2D eigenvalue weighted by atomic mass is 16.5. The molecule has 0 radical (unpaired) electrons. The zero-order valence-electron chi connectivity index (χ0n) is 16.7. The van der Waals surface area contributed by atoms with Gasteiger partial charge >= 0.3 is 0 Å². The minimum absolute atomic E-state index is 0.480. The summed E-state index contributed by atoms with van der Waals surface area (Å²) in [7, 11) is 1.73. The van der Waals surface area contributed by atoms with Crippen molar-refractivity contribution in [2.75, 3.05) is 51.3 Å². The highest BCUT2D eigenvalue weighted by Crippen LogP contribution is 2.29. The van der Waals surface area contributed by atoms with Crippen molar-refractivity contribution < 1.29 is 13.9 Å². The molecule has 7 heteroatoms. The Kier molecular flexibility index (Phi) is 6.26. The lowest BCUT2D eigenvalue weighted by molar-refractivity contribution is 0.224. The summed E-state index contributed by atoms with van der Waals surface area (Å²) in [5.41, 5.74) is 2.01. The highest BCUT2D eigenvalue weighted by molar-refractivity contribution is 5.62. The number of rotatable bonds is 8. The van der Waals surface area contributed by atoms with Gasteiger partial charge in [-0.25, -0.2) is 0 Å².